The fourth-order valence-corrected chi connectivity index (χ4v) is 6.87. The van der Waals surface area contributed by atoms with E-state index in [4.69, 9.17) is 23.7 Å². The first-order valence-corrected chi connectivity index (χ1v) is 16.5. The van der Waals surface area contributed by atoms with Gasteiger partial charge >= 0.3 is 5.97 Å². The van der Waals surface area contributed by atoms with Gasteiger partial charge in [0.25, 0.3) is 0 Å². The topological polar surface area (TPSA) is 63.2 Å². The van der Waals surface area contributed by atoms with Crippen LogP contribution in [0.4, 0.5) is 0 Å². The maximum absolute atomic E-state index is 11.4. The molecule has 0 amide bonds. The van der Waals surface area contributed by atoms with E-state index in [0.29, 0.717) is 23.1 Å². The van der Waals surface area contributed by atoms with E-state index in [0.717, 1.165) is 71.0 Å². The molecule has 0 aromatic rings. The molecule has 224 valence electrons. The van der Waals surface area contributed by atoms with Crippen LogP contribution in [0.2, 0.25) is 0 Å². The molecule has 1 saturated carbocycles. The van der Waals surface area contributed by atoms with E-state index < -0.39 is 0 Å². The molecule has 3 rings (SSSR count). The van der Waals surface area contributed by atoms with Crippen molar-refractivity contribution in [2.24, 2.45) is 17.8 Å². The first kappa shape index (κ1) is 32.8. The van der Waals surface area contributed by atoms with E-state index in [-0.39, 0.29) is 36.7 Å². The van der Waals surface area contributed by atoms with Crippen LogP contribution in [0.5, 0.6) is 0 Å². The van der Waals surface area contributed by atoms with Gasteiger partial charge in [-0.15, -0.1) is 0 Å². The van der Waals surface area contributed by atoms with Crippen molar-refractivity contribution >= 4 is 21.9 Å². The Morgan fingerprint density at radius 2 is 1.79 bits per heavy atom. The average Bonchev–Trinajstić information content (AvgIpc) is 3.25. The lowest BCUT2D eigenvalue weighted by atomic mass is 9.89. The van der Waals surface area contributed by atoms with Crippen LogP contribution in [0.15, 0.2) is 24.3 Å². The van der Waals surface area contributed by atoms with E-state index in [1.807, 2.05) is 0 Å². The monoisotopic (exact) mass is 612 g/mol. The third-order valence-electron chi connectivity index (χ3n) is 8.41. The third kappa shape index (κ3) is 11.6. The summed E-state index contributed by atoms with van der Waals surface area (Å²) in [4.78, 5) is 11.8. The number of hydrogen-bond acceptors (Lipinski definition) is 6. The molecule has 3 unspecified atom stereocenters. The number of ether oxygens (including phenoxy) is 5. The molecule has 7 heteroatoms. The minimum atomic E-state index is -0.140. The van der Waals surface area contributed by atoms with Gasteiger partial charge in [0.2, 0.25) is 0 Å². The Bertz CT molecular complexity index is 730. The Balaban J connectivity index is 1.69. The first-order valence-electron chi connectivity index (χ1n) is 15.6. The van der Waals surface area contributed by atoms with E-state index in [1.54, 1.807) is 0 Å². The van der Waals surface area contributed by atoms with Crippen molar-refractivity contribution in [2.45, 2.75) is 133 Å². The zero-order valence-electron chi connectivity index (χ0n) is 24.6. The molecule has 6 nitrogen and oxygen atoms in total. The summed E-state index contributed by atoms with van der Waals surface area (Å²) in [7, 11) is 1.45. The standard InChI is InChI=1S/C32H53BrO6/c1-4-5-14-24(2)28(38-31-17-10-12-21-36-31)20-19-26-25(15-8-6-7-9-16-30(34)35-3)27(33)23-29(26)39-32-18-11-13-22-37-32/h6,8,19-20,24-29,31-32H,4-5,7,9-18,21-23H2,1-3H3/t24?,25-,26-,27-,28-,29-,31?,32?/m1/s1. The maximum Gasteiger partial charge on any atom is 0.305 e. The van der Waals surface area contributed by atoms with Crippen molar-refractivity contribution in [3.63, 3.8) is 0 Å². The van der Waals surface area contributed by atoms with Crippen LogP contribution in [0.1, 0.15) is 104 Å². The minimum absolute atomic E-state index is 0.0371. The zero-order valence-corrected chi connectivity index (χ0v) is 26.2. The summed E-state index contributed by atoms with van der Waals surface area (Å²) in [5.41, 5.74) is 0. The van der Waals surface area contributed by atoms with Crippen molar-refractivity contribution in [1.29, 1.82) is 0 Å². The predicted molar refractivity (Wildman–Crippen MR) is 159 cm³/mol. The number of hydrogen-bond donors (Lipinski definition) is 0. The average molecular weight is 614 g/mol. The Labute approximate surface area is 245 Å². The van der Waals surface area contributed by atoms with Crippen molar-refractivity contribution < 1.29 is 28.5 Å². The van der Waals surface area contributed by atoms with Gasteiger partial charge in [0, 0.05) is 30.4 Å². The normalized spacial score (nSPS) is 31.6. The summed E-state index contributed by atoms with van der Waals surface area (Å²) in [6, 6.07) is 0. The third-order valence-corrected chi connectivity index (χ3v) is 9.46. The number of unbranched alkanes of at least 4 members (excludes halogenated alkanes) is 2. The lowest BCUT2D eigenvalue weighted by Gasteiger charge is -2.31. The van der Waals surface area contributed by atoms with Crippen LogP contribution in [0.25, 0.3) is 0 Å². The maximum atomic E-state index is 11.4. The highest BCUT2D eigenvalue weighted by molar-refractivity contribution is 9.09. The highest BCUT2D eigenvalue weighted by atomic mass is 79.9. The van der Waals surface area contributed by atoms with E-state index in [2.05, 4.69) is 54.1 Å². The summed E-state index contributed by atoms with van der Waals surface area (Å²) in [5, 5.41) is 0. The van der Waals surface area contributed by atoms with Crippen LogP contribution in [-0.2, 0) is 28.5 Å². The number of alkyl halides is 1. The van der Waals surface area contributed by atoms with Crippen LogP contribution in [-0.4, -0.2) is 55.9 Å². The molecule has 3 aliphatic rings. The molecule has 3 fully saturated rings. The van der Waals surface area contributed by atoms with Crippen molar-refractivity contribution in [2.75, 3.05) is 20.3 Å². The van der Waals surface area contributed by atoms with Gasteiger partial charge < -0.3 is 23.7 Å². The molecule has 0 radical (unpaired) electrons. The van der Waals surface area contributed by atoms with Crippen LogP contribution >= 0.6 is 15.9 Å². The zero-order chi connectivity index (χ0) is 27.9. The van der Waals surface area contributed by atoms with Gasteiger partial charge in [-0.25, -0.2) is 0 Å². The number of methoxy groups -OCH3 is 1. The molecular weight excluding hydrogens is 560 g/mol. The highest BCUT2D eigenvalue weighted by Crippen LogP contribution is 2.43. The number of carbonyl (C=O) groups is 1. The quantitative estimate of drug-likeness (QED) is 0.0764. The van der Waals surface area contributed by atoms with Crippen LogP contribution in [0.3, 0.4) is 0 Å². The predicted octanol–water partition coefficient (Wildman–Crippen LogP) is 7.88. The molecule has 0 aromatic heterocycles. The Hall–Kier alpha value is -0.730. The van der Waals surface area contributed by atoms with Gasteiger partial charge in [-0.3, -0.25) is 4.79 Å². The number of allylic oxidation sites excluding steroid dienone is 2. The fraction of sp³-hybridized carbons (Fsp3) is 0.844. The van der Waals surface area contributed by atoms with Gasteiger partial charge in [-0.1, -0.05) is 66.9 Å². The molecule has 8 atom stereocenters. The smallest absolute Gasteiger partial charge is 0.305 e. The molecule has 0 N–H and O–H groups in total. The second-order valence-electron chi connectivity index (χ2n) is 11.5. The number of halogens is 1. The van der Waals surface area contributed by atoms with Crippen LogP contribution < -0.4 is 0 Å². The Morgan fingerprint density at radius 1 is 1.05 bits per heavy atom. The summed E-state index contributed by atoms with van der Waals surface area (Å²) >= 11 is 4.01. The van der Waals surface area contributed by atoms with E-state index in [9.17, 15) is 4.79 Å². The fourth-order valence-electron chi connectivity index (χ4n) is 5.93. The largest absolute Gasteiger partial charge is 0.469 e. The van der Waals surface area contributed by atoms with E-state index >= 15 is 0 Å². The van der Waals surface area contributed by atoms with Gasteiger partial charge in [-0.05, 0) is 82.5 Å². The summed E-state index contributed by atoms with van der Waals surface area (Å²) in [6.07, 6.45) is 23.4. The van der Waals surface area contributed by atoms with Gasteiger partial charge in [0.1, 0.15) is 0 Å². The molecule has 2 aliphatic heterocycles. The minimum Gasteiger partial charge on any atom is -0.469 e. The lowest BCUT2D eigenvalue weighted by molar-refractivity contribution is -0.193. The summed E-state index contributed by atoms with van der Waals surface area (Å²) in [5.74, 6) is 0.987. The van der Waals surface area contributed by atoms with Gasteiger partial charge in [0.05, 0.1) is 19.3 Å². The summed E-state index contributed by atoms with van der Waals surface area (Å²) < 4.78 is 29.9. The second-order valence-corrected chi connectivity index (χ2v) is 12.7. The van der Waals surface area contributed by atoms with Gasteiger partial charge in [0.15, 0.2) is 12.6 Å². The highest BCUT2D eigenvalue weighted by Gasteiger charge is 2.42. The molecule has 0 aromatic carbocycles. The van der Waals surface area contributed by atoms with Crippen LogP contribution in [0, 0.1) is 17.8 Å². The second kappa shape index (κ2) is 18.7. The number of esters is 1. The molecule has 1 aliphatic carbocycles. The summed E-state index contributed by atoms with van der Waals surface area (Å²) in [6.45, 7) is 6.15. The molecule has 2 saturated heterocycles. The molecule has 39 heavy (non-hydrogen) atoms. The van der Waals surface area contributed by atoms with Gasteiger partial charge in [-0.2, -0.15) is 0 Å². The van der Waals surface area contributed by atoms with E-state index in [1.165, 1.54) is 32.8 Å². The Kier molecular flexibility index (Phi) is 15.7. The SMILES string of the molecule is CCCCC(C)[C@@H](C=C[C@@H]1[C@@H](CC=CCCCC(=O)OC)[C@H](Br)C[C@H]1OC1CCCCO1)OC1CCCCO1. The molecule has 0 spiro atoms. The molecule has 2 heterocycles. The first-order chi connectivity index (χ1) is 19.0. The number of carbonyl (C=O) groups excluding carboxylic acids is 1. The lowest BCUT2D eigenvalue weighted by Crippen LogP contribution is -2.32. The number of rotatable bonds is 16. The molecule has 0 bridgehead atoms. The Morgan fingerprint density at radius 3 is 2.46 bits per heavy atom. The van der Waals surface area contributed by atoms with Crippen molar-refractivity contribution in [3.8, 4) is 0 Å². The van der Waals surface area contributed by atoms with Crippen molar-refractivity contribution in [3.05, 3.63) is 24.3 Å². The molecular formula is C32H53BrO6. The van der Waals surface area contributed by atoms with Crippen molar-refractivity contribution in [1.82, 2.24) is 0 Å².